The maximum absolute atomic E-state index is 13.9. The Bertz CT molecular complexity index is 1220. The first-order chi connectivity index (χ1) is 19.2. The highest BCUT2D eigenvalue weighted by Crippen LogP contribution is 2.34. The minimum Gasteiger partial charge on any atom is -0.391 e. The Balaban J connectivity index is 0.000000389. The molecule has 2 heterocycles. The molecule has 4 rings (SSSR count). The zero-order chi connectivity index (χ0) is 30.4. The van der Waals surface area contributed by atoms with Gasteiger partial charge in [0.05, 0.1) is 24.9 Å². The minimum atomic E-state index is -2.67. The lowest BCUT2D eigenvalue weighted by Crippen LogP contribution is -2.46. The third kappa shape index (κ3) is 8.67. The fraction of sp³-hybridized carbons (Fsp3) is 0.533. The molecule has 0 bridgehead atoms. The lowest BCUT2D eigenvalue weighted by atomic mass is 9.87. The molecule has 2 aromatic rings. The van der Waals surface area contributed by atoms with Crippen LogP contribution in [0.25, 0.3) is 0 Å². The molecule has 2 fully saturated rings. The Kier molecular flexibility index (Phi) is 10.4. The number of carbonyl (C=O) groups is 2. The SMILES string of the molecule is CN(c1ccc(C(C)(C)C)cc1)C(C(=O)NC1CCC(F)(F)CC1)c1cncc(F)c1.N#CN1CC(O)CC1C=O. The normalized spacial score (nSPS) is 21.2. The smallest absolute Gasteiger partial charge is 0.248 e. The van der Waals surface area contributed by atoms with Crippen LogP contribution in [-0.2, 0) is 15.0 Å². The van der Waals surface area contributed by atoms with Crippen LogP contribution in [0.2, 0.25) is 0 Å². The number of alkyl halides is 2. The largest absolute Gasteiger partial charge is 0.391 e. The molecule has 1 aromatic carbocycles. The van der Waals surface area contributed by atoms with Gasteiger partial charge in [0, 0.05) is 49.8 Å². The maximum atomic E-state index is 13.9. The van der Waals surface area contributed by atoms with Gasteiger partial charge in [-0.1, -0.05) is 32.9 Å². The highest BCUT2D eigenvalue weighted by atomic mass is 19.3. The quantitative estimate of drug-likeness (QED) is 0.387. The number of benzene rings is 1. The first-order valence-corrected chi connectivity index (χ1v) is 13.7. The summed E-state index contributed by atoms with van der Waals surface area (Å²) in [5.74, 6) is -3.56. The number of likely N-dealkylation sites (tertiary alicyclic amines) is 1. The number of carbonyl (C=O) groups excluding carboxylic acids is 2. The number of amides is 1. The molecule has 0 radical (unpaired) electrons. The van der Waals surface area contributed by atoms with Crippen molar-refractivity contribution in [2.75, 3.05) is 18.5 Å². The molecule has 3 unspecified atom stereocenters. The Morgan fingerprint density at radius 2 is 1.88 bits per heavy atom. The molecular formula is C30H38F3N5O3. The van der Waals surface area contributed by atoms with Crippen molar-refractivity contribution in [2.45, 2.75) is 88.4 Å². The van der Waals surface area contributed by atoms with E-state index in [1.54, 1.807) is 11.9 Å². The summed E-state index contributed by atoms with van der Waals surface area (Å²) in [6.45, 7) is 6.65. The van der Waals surface area contributed by atoms with Gasteiger partial charge in [-0.2, -0.15) is 5.26 Å². The van der Waals surface area contributed by atoms with Gasteiger partial charge in [0.1, 0.15) is 18.1 Å². The van der Waals surface area contributed by atoms with Crippen LogP contribution in [0.15, 0.2) is 42.7 Å². The van der Waals surface area contributed by atoms with Gasteiger partial charge >= 0.3 is 0 Å². The number of likely N-dealkylation sites (N-methyl/N-ethyl adjacent to an activating group) is 1. The Hall–Kier alpha value is -3.65. The third-order valence-corrected chi connectivity index (χ3v) is 7.49. The van der Waals surface area contributed by atoms with E-state index >= 15 is 0 Å². The van der Waals surface area contributed by atoms with Gasteiger partial charge in [0.2, 0.25) is 11.8 Å². The Labute approximate surface area is 239 Å². The summed E-state index contributed by atoms with van der Waals surface area (Å²) >= 11 is 0. The number of anilines is 1. The van der Waals surface area contributed by atoms with Crippen molar-refractivity contribution in [1.82, 2.24) is 15.2 Å². The van der Waals surface area contributed by atoms with E-state index in [9.17, 15) is 22.8 Å². The number of nitrogens with one attached hydrogen (secondary N) is 1. The second kappa shape index (κ2) is 13.3. The Morgan fingerprint density at radius 1 is 1.24 bits per heavy atom. The number of aldehydes is 1. The molecule has 41 heavy (non-hydrogen) atoms. The molecule has 11 heteroatoms. The van der Waals surface area contributed by atoms with Crippen LogP contribution in [0, 0.1) is 17.3 Å². The molecule has 222 valence electrons. The van der Waals surface area contributed by atoms with Crippen molar-refractivity contribution in [1.29, 1.82) is 5.26 Å². The molecule has 0 spiro atoms. The molecule has 2 N–H and O–H groups in total. The molecule has 1 aliphatic carbocycles. The van der Waals surface area contributed by atoms with Gasteiger partial charge in [0.15, 0.2) is 6.19 Å². The van der Waals surface area contributed by atoms with E-state index in [0.717, 1.165) is 17.4 Å². The number of nitriles is 1. The summed E-state index contributed by atoms with van der Waals surface area (Å²) in [5.41, 5.74) is 2.33. The van der Waals surface area contributed by atoms with E-state index in [2.05, 4.69) is 31.1 Å². The van der Waals surface area contributed by atoms with Crippen LogP contribution in [0.5, 0.6) is 0 Å². The van der Waals surface area contributed by atoms with Gasteiger partial charge < -0.3 is 20.1 Å². The van der Waals surface area contributed by atoms with E-state index < -0.39 is 29.9 Å². The fourth-order valence-corrected chi connectivity index (χ4v) is 5.03. The zero-order valence-electron chi connectivity index (χ0n) is 23.9. The average Bonchev–Trinajstić information content (AvgIpc) is 3.30. The number of halogens is 3. The molecule has 8 nitrogen and oxygen atoms in total. The van der Waals surface area contributed by atoms with Gasteiger partial charge in [0.25, 0.3) is 0 Å². The molecule has 2 aliphatic rings. The number of aliphatic hydroxyl groups excluding tert-OH is 1. The van der Waals surface area contributed by atoms with Crippen molar-refractivity contribution in [3.8, 4) is 6.19 Å². The minimum absolute atomic E-state index is 0.0105. The van der Waals surface area contributed by atoms with Crippen molar-refractivity contribution in [3.63, 3.8) is 0 Å². The lowest BCUT2D eigenvalue weighted by molar-refractivity contribution is -0.124. The van der Waals surface area contributed by atoms with Crippen molar-refractivity contribution >= 4 is 17.9 Å². The number of hydrogen-bond acceptors (Lipinski definition) is 7. The van der Waals surface area contributed by atoms with Gasteiger partial charge in [-0.3, -0.25) is 14.7 Å². The number of nitrogens with zero attached hydrogens (tertiary/aromatic N) is 4. The maximum Gasteiger partial charge on any atom is 0.248 e. The average molecular weight is 574 g/mol. The first kappa shape index (κ1) is 31.9. The summed E-state index contributed by atoms with van der Waals surface area (Å²) in [5, 5.41) is 20.3. The van der Waals surface area contributed by atoms with Gasteiger partial charge in [-0.05, 0) is 42.0 Å². The molecular weight excluding hydrogens is 535 g/mol. The molecule has 1 saturated heterocycles. The number of β-amino-alcohol motifs (C(OH)–C–C–N with tert-alkyl or cyclic N) is 1. The van der Waals surface area contributed by atoms with Crippen LogP contribution in [0.4, 0.5) is 18.9 Å². The van der Waals surface area contributed by atoms with Gasteiger partial charge in [-0.15, -0.1) is 0 Å². The lowest BCUT2D eigenvalue weighted by Gasteiger charge is -2.33. The monoisotopic (exact) mass is 573 g/mol. The molecule has 3 atom stereocenters. The number of aliphatic hydroxyl groups is 1. The van der Waals surface area contributed by atoms with E-state index in [1.165, 1.54) is 17.2 Å². The van der Waals surface area contributed by atoms with Crippen molar-refractivity contribution < 1.29 is 27.9 Å². The predicted octanol–water partition coefficient (Wildman–Crippen LogP) is 4.49. The number of rotatable bonds is 6. The second-order valence-electron chi connectivity index (χ2n) is 11.7. The highest BCUT2D eigenvalue weighted by Gasteiger charge is 2.37. The number of pyridine rings is 1. The van der Waals surface area contributed by atoms with Crippen LogP contribution in [0.1, 0.15) is 70.0 Å². The van der Waals surface area contributed by atoms with Crippen molar-refractivity contribution in [3.05, 3.63) is 59.7 Å². The molecule has 1 amide bonds. The molecule has 1 aliphatic heterocycles. The summed E-state index contributed by atoms with van der Waals surface area (Å²) in [6, 6.07) is 7.58. The topological polar surface area (TPSA) is 110 Å². The summed E-state index contributed by atoms with van der Waals surface area (Å²) in [7, 11) is 1.76. The molecule has 1 aromatic heterocycles. The summed E-state index contributed by atoms with van der Waals surface area (Å²) in [4.78, 5) is 30.4. The number of aromatic nitrogens is 1. The van der Waals surface area contributed by atoms with Crippen molar-refractivity contribution in [2.24, 2.45) is 0 Å². The standard InChI is InChI=1S/C24H30F3N3O.C6H8N2O2/c1-23(2,3)17-5-7-20(8-6-17)30(4)21(16-13-18(25)15-28-14-16)22(31)29-19-9-11-24(26,27)12-10-19;7-4-8-2-6(10)1-5(8)3-9/h5-8,13-15,19,21H,9-12H2,1-4H3,(H,29,31);3,5-6,10H,1-2H2. The third-order valence-electron chi connectivity index (χ3n) is 7.49. The summed E-state index contributed by atoms with van der Waals surface area (Å²) in [6.07, 6.45) is 4.90. The Morgan fingerprint density at radius 3 is 2.39 bits per heavy atom. The summed E-state index contributed by atoms with van der Waals surface area (Å²) < 4.78 is 40.8. The van der Waals surface area contributed by atoms with E-state index in [1.807, 2.05) is 30.5 Å². The highest BCUT2D eigenvalue weighted by molar-refractivity contribution is 5.86. The zero-order valence-corrected chi connectivity index (χ0v) is 23.9. The van der Waals surface area contributed by atoms with E-state index in [4.69, 9.17) is 10.4 Å². The van der Waals surface area contributed by atoms with Crippen LogP contribution in [-0.4, -0.2) is 64.9 Å². The van der Waals surface area contributed by atoms with Crippen LogP contribution >= 0.6 is 0 Å². The first-order valence-electron chi connectivity index (χ1n) is 13.7. The predicted molar refractivity (Wildman–Crippen MR) is 149 cm³/mol. The van der Waals surface area contributed by atoms with Gasteiger partial charge in [-0.25, -0.2) is 13.2 Å². The van der Waals surface area contributed by atoms with Crippen LogP contribution < -0.4 is 10.2 Å². The second-order valence-corrected chi connectivity index (χ2v) is 11.7. The number of hydrogen-bond donors (Lipinski definition) is 2. The van der Waals surface area contributed by atoms with E-state index in [0.29, 0.717) is 24.8 Å². The molecule has 1 saturated carbocycles. The fourth-order valence-electron chi connectivity index (χ4n) is 5.03. The van der Waals surface area contributed by atoms with E-state index in [-0.39, 0.29) is 43.0 Å². The van der Waals surface area contributed by atoms with Crippen LogP contribution in [0.3, 0.4) is 0 Å².